The van der Waals surface area contributed by atoms with Crippen LogP contribution in [0.5, 0.6) is 0 Å². The summed E-state index contributed by atoms with van der Waals surface area (Å²) in [4.78, 5) is 10.7. The van der Waals surface area contributed by atoms with Crippen LogP contribution in [0.1, 0.15) is 19.8 Å². The van der Waals surface area contributed by atoms with Crippen LogP contribution >= 0.6 is 0 Å². The Hall–Kier alpha value is -1.11. The van der Waals surface area contributed by atoms with E-state index in [1.165, 1.54) is 0 Å². The zero-order valence-corrected chi connectivity index (χ0v) is 6.92. The highest BCUT2D eigenvalue weighted by atomic mass is 16.1. The van der Waals surface area contributed by atoms with Gasteiger partial charge in [0.05, 0.1) is 0 Å². The average molecular weight is 150 g/mol. The first kappa shape index (κ1) is 9.89. The smallest absolute Gasteiger partial charge is 0.136 e. The molecule has 0 rings (SSSR count). The van der Waals surface area contributed by atoms with Crippen LogP contribution < -0.4 is 0 Å². The predicted octanol–water partition coefficient (Wildman–Crippen LogP) is 2.65. The van der Waals surface area contributed by atoms with Crippen LogP contribution in [0.3, 0.4) is 0 Å². The van der Waals surface area contributed by atoms with Crippen molar-refractivity contribution in [2.45, 2.75) is 19.8 Å². The summed E-state index contributed by atoms with van der Waals surface area (Å²) in [6, 6.07) is 0. The van der Waals surface area contributed by atoms with Gasteiger partial charge in [-0.3, -0.25) is 4.79 Å². The highest BCUT2D eigenvalue weighted by Crippen LogP contribution is 1.90. The molecule has 11 heavy (non-hydrogen) atoms. The lowest BCUT2D eigenvalue weighted by Gasteiger charge is -1.85. The molecule has 0 heterocycles. The van der Waals surface area contributed by atoms with Crippen molar-refractivity contribution in [1.82, 2.24) is 0 Å². The van der Waals surface area contributed by atoms with Crippen LogP contribution in [0.4, 0.5) is 0 Å². The second kappa shape index (κ2) is 7.00. The van der Waals surface area contributed by atoms with Gasteiger partial charge in [0.2, 0.25) is 0 Å². The number of hydrogen-bond acceptors (Lipinski definition) is 1. The van der Waals surface area contributed by atoms with Crippen molar-refractivity contribution in [2.24, 2.45) is 0 Å². The molecular weight excluding hydrogens is 136 g/mol. The van der Waals surface area contributed by atoms with Crippen LogP contribution in [-0.4, -0.2) is 5.78 Å². The third-order valence-corrected chi connectivity index (χ3v) is 1.23. The number of allylic oxidation sites excluding steroid dienone is 5. The monoisotopic (exact) mass is 150 g/mol. The largest absolute Gasteiger partial charge is 0.299 e. The maximum Gasteiger partial charge on any atom is 0.136 e. The van der Waals surface area contributed by atoms with Gasteiger partial charge in [0.25, 0.3) is 0 Å². The van der Waals surface area contributed by atoms with E-state index in [0.717, 1.165) is 0 Å². The van der Waals surface area contributed by atoms with Gasteiger partial charge in [0, 0.05) is 12.8 Å². The Kier molecular flexibility index (Phi) is 6.30. The number of rotatable bonds is 5. The third-order valence-electron chi connectivity index (χ3n) is 1.23. The number of Topliss-reactive ketones (excluding diaryl/α,β-unsaturated/α-hetero) is 1. The molecule has 0 radical (unpaired) electrons. The topological polar surface area (TPSA) is 17.1 Å². The van der Waals surface area contributed by atoms with Crippen molar-refractivity contribution in [1.29, 1.82) is 0 Å². The van der Waals surface area contributed by atoms with E-state index in [1.807, 2.05) is 31.2 Å². The van der Waals surface area contributed by atoms with Crippen LogP contribution in [-0.2, 0) is 4.79 Å². The highest BCUT2D eigenvalue weighted by molar-refractivity contribution is 5.79. The first-order valence-corrected chi connectivity index (χ1v) is 3.77. The second-order valence-corrected chi connectivity index (χ2v) is 2.15. The SMILES string of the molecule is C=C/C=C/C=CCC(=O)CC. The van der Waals surface area contributed by atoms with Crippen molar-refractivity contribution >= 4 is 5.78 Å². The van der Waals surface area contributed by atoms with E-state index >= 15 is 0 Å². The van der Waals surface area contributed by atoms with E-state index in [-0.39, 0.29) is 5.78 Å². The maximum absolute atomic E-state index is 10.7. The molecule has 60 valence electrons. The lowest BCUT2D eigenvalue weighted by atomic mass is 10.2. The minimum Gasteiger partial charge on any atom is -0.299 e. The summed E-state index contributed by atoms with van der Waals surface area (Å²) in [6.45, 7) is 5.39. The molecule has 0 aliphatic rings. The van der Waals surface area contributed by atoms with Gasteiger partial charge in [-0.05, 0) is 0 Å². The minimum atomic E-state index is 0.272. The molecule has 1 nitrogen and oxygen atoms in total. The molecule has 1 heteroatoms. The second-order valence-electron chi connectivity index (χ2n) is 2.15. The average Bonchev–Trinajstić information content (AvgIpc) is 2.04. The molecule has 0 fully saturated rings. The summed E-state index contributed by atoms with van der Waals surface area (Å²) in [5.41, 5.74) is 0. The van der Waals surface area contributed by atoms with Crippen molar-refractivity contribution in [3.8, 4) is 0 Å². The molecule has 0 bridgehead atoms. The van der Waals surface area contributed by atoms with Crippen molar-refractivity contribution < 1.29 is 4.79 Å². The van der Waals surface area contributed by atoms with E-state index in [0.29, 0.717) is 12.8 Å². The minimum absolute atomic E-state index is 0.272. The molecule has 0 spiro atoms. The summed E-state index contributed by atoms with van der Waals surface area (Å²) in [6.07, 6.45) is 10.3. The van der Waals surface area contributed by atoms with E-state index < -0.39 is 0 Å². The zero-order chi connectivity index (χ0) is 8.53. The molecule has 0 aromatic carbocycles. The standard InChI is InChI=1S/C10H14O/c1-3-5-6-7-8-9-10(11)4-2/h3,5-8H,1,4,9H2,2H3/b6-5+,8-7?. The zero-order valence-electron chi connectivity index (χ0n) is 6.92. The number of hydrogen-bond donors (Lipinski definition) is 0. The molecule has 0 N–H and O–H groups in total. The van der Waals surface area contributed by atoms with Gasteiger partial charge in [-0.25, -0.2) is 0 Å². The summed E-state index contributed by atoms with van der Waals surface area (Å²) in [5, 5.41) is 0. The van der Waals surface area contributed by atoms with E-state index in [1.54, 1.807) is 6.08 Å². The first-order valence-electron chi connectivity index (χ1n) is 3.77. The first-order chi connectivity index (χ1) is 5.31. The maximum atomic E-state index is 10.7. The van der Waals surface area contributed by atoms with E-state index in [9.17, 15) is 4.79 Å². The molecule has 0 aliphatic heterocycles. The Balaban J connectivity index is 3.52. The fraction of sp³-hybridized carbons (Fsp3) is 0.300. The van der Waals surface area contributed by atoms with Gasteiger partial charge in [-0.15, -0.1) is 0 Å². The summed E-state index contributed by atoms with van der Waals surface area (Å²) >= 11 is 0. The summed E-state index contributed by atoms with van der Waals surface area (Å²) in [5.74, 6) is 0.272. The fourth-order valence-electron chi connectivity index (χ4n) is 0.565. The van der Waals surface area contributed by atoms with Gasteiger partial charge in [-0.2, -0.15) is 0 Å². The lowest BCUT2D eigenvalue weighted by Crippen LogP contribution is -1.90. The number of carbonyl (C=O) groups excluding carboxylic acids is 1. The van der Waals surface area contributed by atoms with Crippen LogP contribution in [0, 0.1) is 0 Å². The fourth-order valence-corrected chi connectivity index (χ4v) is 0.565. The van der Waals surface area contributed by atoms with Crippen molar-refractivity contribution in [3.05, 3.63) is 37.0 Å². The molecule has 0 unspecified atom stereocenters. The van der Waals surface area contributed by atoms with E-state index in [2.05, 4.69) is 6.58 Å². The highest BCUT2D eigenvalue weighted by Gasteiger charge is 1.90. The third kappa shape index (κ3) is 6.78. The Morgan fingerprint density at radius 3 is 2.64 bits per heavy atom. The van der Waals surface area contributed by atoms with E-state index in [4.69, 9.17) is 0 Å². The molecule has 0 saturated heterocycles. The van der Waals surface area contributed by atoms with Gasteiger partial charge >= 0.3 is 0 Å². The van der Waals surface area contributed by atoms with Gasteiger partial charge in [0.1, 0.15) is 5.78 Å². The van der Waals surface area contributed by atoms with Crippen molar-refractivity contribution in [2.75, 3.05) is 0 Å². The lowest BCUT2D eigenvalue weighted by molar-refractivity contribution is -0.117. The Bertz CT molecular complexity index is 175. The Labute approximate surface area is 68.1 Å². The van der Waals surface area contributed by atoms with Gasteiger partial charge in [-0.1, -0.05) is 43.9 Å². The number of carbonyl (C=O) groups is 1. The number of ketones is 1. The molecule has 0 atom stereocenters. The summed E-state index contributed by atoms with van der Waals surface area (Å²) < 4.78 is 0. The quantitative estimate of drug-likeness (QED) is 0.551. The molecule has 0 aliphatic carbocycles. The normalized spacial score (nSPS) is 11.0. The molecule has 0 amide bonds. The van der Waals surface area contributed by atoms with Gasteiger partial charge in [0.15, 0.2) is 0 Å². The Morgan fingerprint density at radius 1 is 1.36 bits per heavy atom. The van der Waals surface area contributed by atoms with Crippen LogP contribution in [0.2, 0.25) is 0 Å². The molecule has 0 saturated carbocycles. The predicted molar refractivity (Wildman–Crippen MR) is 48.4 cm³/mol. The molecule has 0 aromatic heterocycles. The van der Waals surface area contributed by atoms with Crippen molar-refractivity contribution in [3.63, 3.8) is 0 Å². The summed E-state index contributed by atoms with van der Waals surface area (Å²) in [7, 11) is 0. The Morgan fingerprint density at radius 2 is 2.09 bits per heavy atom. The van der Waals surface area contributed by atoms with Gasteiger partial charge < -0.3 is 0 Å². The van der Waals surface area contributed by atoms with Crippen LogP contribution in [0.25, 0.3) is 0 Å². The molecule has 0 aromatic rings. The van der Waals surface area contributed by atoms with Crippen LogP contribution in [0.15, 0.2) is 37.0 Å². The molecular formula is C10H14O.